The SMILES string of the molecule is CCCn1cc(NC(=O)N2CCC[C@@H](c3nnc4n3CCC4)C2)cn1. The van der Waals surface area contributed by atoms with E-state index < -0.39 is 0 Å². The van der Waals surface area contributed by atoms with Crippen LogP contribution in [0.3, 0.4) is 0 Å². The molecule has 4 heterocycles. The number of urea groups is 1. The number of fused-ring (bicyclic) bond motifs is 1. The largest absolute Gasteiger partial charge is 0.324 e. The molecule has 25 heavy (non-hydrogen) atoms. The van der Waals surface area contributed by atoms with Gasteiger partial charge in [0.15, 0.2) is 0 Å². The van der Waals surface area contributed by atoms with E-state index >= 15 is 0 Å². The van der Waals surface area contributed by atoms with Crippen LogP contribution in [0.15, 0.2) is 12.4 Å². The van der Waals surface area contributed by atoms with Crippen LogP contribution in [0.5, 0.6) is 0 Å². The number of nitrogens with zero attached hydrogens (tertiary/aromatic N) is 6. The van der Waals surface area contributed by atoms with E-state index in [1.54, 1.807) is 6.20 Å². The van der Waals surface area contributed by atoms with Gasteiger partial charge in [0.05, 0.1) is 11.9 Å². The highest BCUT2D eigenvalue weighted by Crippen LogP contribution is 2.28. The Balaban J connectivity index is 1.40. The Hall–Kier alpha value is -2.38. The van der Waals surface area contributed by atoms with Crippen LogP contribution in [0.2, 0.25) is 0 Å². The highest BCUT2D eigenvalue weighted by Gasteiger charge is 2.30. The molecular weight excluding hydrogens is 318 g/mol. The van der Waals surface area contributed by atoms with Gasteiger partial charge in [-0.25, -0.2) is 4.79 Å². The summed E-state index contributed by atoms with van der Waals surface area (Å²) in [6.07, 6.45) is 8.84. The summed E-state index contributed by atoms with van der Waals surface area (Å²) in [4.78, 5) is 14.5. The predicted octanol–water partition coefficient (Wildman–Crippen LogP) is 2.24. The number of carbonyl (C=O) groups excluding carboxylic acids is 1. The molecule has 0 saturated carbocycles. The van der Waals surface area contributed by atoms with E-state index in [1.807, 2.05) is 15.8 Å². The molecule has 1 fully saturated rings. The second-order valence-electron chi connectivity index (χ2n) is 6.94. The van der Waals surface area contributed by atoms with Crippen LogP contribution in [-0.2, 0) is 19.5 Å². The molecule has 2 aliphatic rings. The van der Waals surface area contributed by atoms with Crippen molar-refractivity contribution in [2.24, 2.45) is 0 Å². The van der Waals surface area contributed by atoms with Gasteiger partial charge >= 0.3 is 6.03 Å². The fourth-order valence-electron chi connectivity index (χ4n) is 3.83. The normalized spacial score (nSPS) is 19.9. The van der Waals surface area contributed by atoms with Gasteiger partial charge in [-0.3, -0.25) is 4.68 Å². The Labute approximate surface area is 147 Å². The molecule has 2 aliphatic heterocycles. The number of carbonyl (C=O) groups is 1. The lowest BCUT2D eigenvalue weighted by molar-refractivity contribution is 0.190. The molecule has 0 spiro atoms. The van der Waals surface area contributed by atoms with E-state index in [9.17, 15) is 4.79 Å². The summed E-state index contributed by atoms with van der Waals surface area (Å²) >= 11 is 0. The number of nitrogens with one attached hydrogen (secondary N) is 1. The maximum absolute atomic E-state index is 12.6. The van der Waals surface area contributed by atoms with Crippen LogP contribution in [0, 0.1) is 0 Å². The summed E-state index contributed by atoms with van der Waals surface area (Å²) in [5, 5.41) is 15.9. The van der Waals surface area contributed by atoms with Crippen LogP contribution in [0.4, 0.5) is 10.5 Å². The smallest absolute Gasteiger partial charge is 0.321 e. The monoisotopic (exact) mass is 343 g/mol. The second-order valence-corrected chi connectivity index (χ2v) is 6.94. The Morgan fingerprint density at radius 2 is 2.24 bits per heavy atom. The molecule has 1 atom stereocenters. The molecule has 1 N–H and O–H groups in total. The third-order valence-electron chi connectivity index (χ3n) is 5.05. The van der Waals surface area contributed by atoms with Crippen molar-refractivity contribution in [1.82, 2.24) is 29.4 Å². The summed E-state index contributed by atoms with van der Waals surface area (Å²) in [5.74, 6) is 2.43. The maximum atomic E-state index is 12.6. The first-order valence-electron chi connectivity index (χ1n) is 9.25. The highest BCUT2D eigenvalue weighted by atomic mass is 16.2. The molecule has 2 amide bonds. The minimum absolute atomic E-state index is 0.0538. The van der Waals surface area contributed by atoms with Crippen molar-refractivity contribution in [3.05, 3.63) is 24.0 Å². The average Bonchev–Trinajstić information content (AvgIpc) is 3.32. The van der Waals surface area contributed by atoms with Gasteiger partial charge in [-0.2, -0.15) is 5.10 Å². The van der Waals surface area contributed by atoms with Gasteiger partial charge in [0.1, 0.15) is 11.6 Å². The van der Waals surface area contributed by atoms with Gasteiger partial charge in [0, 0.05) is 44.7 Å². The maximum Gasteiger partial charge on any atom is 0.321 e. The standard InChI is InChI=1S/C17H25N7O/c1-2-7-23-12-14(10-18-23)19-17(25)22-8-3-5-13(11-22)16-21-20-15-6-4-9-24(15)16/h10,12-13H,2-9,11H2,1H3,(H,19,25)/t13-/m1/s1. The third-order valence-corrected chi connectivity index (χ3v) is 5.05. The van der Waals surface area contributed by atoms with Crippen LogP contribution < -0.4 is 5.32 Å². The van der Waals surface area contributed by atoms with E-state index in [-0.39, 0.29) is 11.9 Å². The van der Waals surface area contributed by atoms with Crippen molar-refractivity contribution in [2.75, 3.05) is 18.4 Å². The molecule has 8 heteroatoms. The Bertz CT molecular complexity index is 750. The average molecular weight is 343 g/mol. The molecular formula is C17H25N7O. The lowest BCUT2D eigenvalue weighted by atomic mass is 9.97. The van der Waals surface area contributed by atoms with E-state index in [0.717, 1.165) is 69.1 Å². The van der Waals surface area contributed by atoms with E-state index in [4.69, 9.17) is 0 Å². The number of aryl methyl sites for hydroxylation is 2. The molecule has 0 radical (unpaired) electrons. The van der Waals surface area contributed by atoms with E-state index in [0.29, 0.717) is 6.54 Å². The van der Waals surface area contributed by atoms with Crippen molar-refractivity contribution in [2.45, 2.75) is 58.0 Å². The first kappa shape index (κ1) is 16.1. The van der Waals surface area contributed by atoms with Crippen molar-refractivity contribution >= 4 is 11.7 Å². The van der Waals surface area contributed by atoms with Gasteiger partial charge in [0.25, 0.3) is 0 Å². The van der Waals surface area contributed by atoms with Gasteiger partial charge in [-0.1, -0.05) is 6.92 Å². The second kappa shape index (κ2) is 6.85. The minimum atomic E-state index is -0.0538. The van der Waals surface area contributed by atoms with Crippen LogP contribution in [0.25, 0.3) is 0 Å². The fraction of sp³-hybridized carbons (Fsp3) is 0.647. The minimum Gasteiger partial charge on any atom is -0.324 e. The number of rotatable bonds is 4. The lowest BCUT2D eigenvalue weighted by Crippen LogP contribution is -2.42. The Kier molecular flexibility index (Phi) is 4.42. The number of piperidine rings is 1. The number of anilines is 1. The van der Waals surface area contributed by atoms with Crippen LogP contribution in [0.1, 0.15) is 50.2 Å². The first-order chi connectivity index (χ1) is 12.2. The van der Waals surface area contributed by atoms with E-state index in [2.05, 4.69) is 32.1 Å². The molecule has 4 rings (SSSR count). The summed E-state index contributed by atoms with van der Waals surface area (Å²) in [5.41, 5.74) is 0.754. The van der Waals surface area contributed by atoms with Gasteiger partial charge < -0.3 is 14.8 Å². The van der Waals surface area contributed by atoms with E-state index in [1.165, 1.54) is 0 Å². The van der Waals surface area contributed by atoms with Gasteiger partial charge in [-0.15, -0.1) is 10.2 Å². The van der Waals surface area contributed by atoms with Crippen LogP contribution in [-0.4, -0.2) is 48.6 Å². The van der Waals surface area contributed by atoms with Crippen molar-refractivity contribution in [3.8, 4) is 0 Å². The highest BCUT2D eigenvalue weighted by molar-refractivity contribution is 5.89. The van der Waals surface area contributed by atoms with Crippen molar-refractivity contribution in [1.29, 1.82) is 0 Å². The Morgan fingerprint density at radius 1 is 1.32 bits per heavy atom. The zero-order valence-corrected chi connectivity index (χ0v) is 14.7. The number of amides is 2. The molecule has 2 aromatic heterocycles. The molecule has 0 unspecified atom stereocenters. The number of hydrogen-bond acceptors (Lipinski definition) is 4. The summed E-state index contributed by atoms with van der Waals surface area (Å²) in [6.45, 7) is 5.46. The number of aromatic nitrogens is 5. The molecule has 0 aliphatic carbocycles. The molecule has 134 valence electrons. The first-order valence-corrected chi connectivity index (χ1v) is 9.25. The Morgan fingerprint density at radius 3 is 3.12 bits per heavy atom. The number of likely N-dealkylation sites (tertiary alicyclic amines) is 1. The topological polar surface area (TPSA) is 80.9 Å². The zero-order chi connectivity index (χ0) is 17.2. The van der Waals surface area contributed by atoms with Gasteiger partial charge in [-0.05, 0) is 25.7 Å². The lowest BCUT2D eigenvalue weighted by Gasteiger charge is -2.32. The predicted molar refractivity (Wildman–Crippen MR) is 93.4 cm³/mol. The molecule has 0 bridgehead atoms. The van der Waals surface area contributed by atoms with Crippen LogP contribution >= 0.6 is 0 Å². The molecule has 1 saturated heterocycles. The summed E-state index contributed by atoms with van der Waals surface area (Å²) in [6, 6.07) is -0.0538. The zero-order valence-electron chi connectivity index (χ0n) is 14.7. The molecule has 2 aromatic rings. The molecule has 8 nitrogen and oxygen atoms in total. The molecule has 0 aromatic carbocycles. The quantitative estimate of drug-likeness (QED) is 0.923. The summed E-state index contributed by atoms with van der Waals surface area (Å²) < 4.78 is 4.11. The van der Waals surface area contributed by atoms with Crippen molar-refractivity contribution < 1.29 is 4.79 Å². The van der Waals surface area contributed by atoms with Gasteiger partial charge in [0.2, 0.25) is 0 Å². The fourth-order valence-corrected chi connectivity index (χ4v) is 3.83. The number of hydrogen-bond donors (Lipinski definition) is 1. The van der Waals surface area contributed by atoms with Crippen molar-refractivity contribution in [3.63, 3.8) is 0 Å². The third kappa shape index (κ3) is 3.25. The summed E-state index contributed by atoms with van der Waals surface area (Å²) in [7, 11) is 0.